The molecule has 0 aromatic carbocycles. The molecule has 0 aromatic rings. The van der Waals surface area contributed by atoms with E-state index in [0.717, 1.165) is 0 Å². The lowest BCUT2D eigenvalue weighted by atomic mass is 10.6. The predicted octanol–water partition coefficient (Wildman–Crippen LogP) is -0.699. The van der Waals surface area contributed by atoms with E-state index in [1.807, 2.05) is 0 Å². The lowest BCUT2D eigenvalue weighted by Crippen LogP contribution is -2.37. The van der Waals surface area contributed by atoms with Crippen LogP contribution in [0, 0.1) is 11.8 Å². The average Bonchev–Trinajstić information content (AvgIpc) is 2.01. The molecule has 4 nitrogen and oxygen atoms in total. The molecule has 62 valence electrons. The van der Waals surface area contributed by atoms with E-state index in [-0.39, 0.29) is 19.2 Å². The van der Waals surface area contributed by atoms with Crippen LogP contribution in [0.5, 0.6) is 0 Å². The van der Waals surface area contributed by atoms with Crippen LogP contribution >= 0.6 is 0 Å². The normalized spacial score (nSPS) is 7.82. The number of nitrogens with one attached hydrogen (secondary N) is 2. The third kappa shape index (κ3) is 6.68. The molecule has 0 saturated heterocycles. The van der Waals surface area contributed by atoms with Gasteiger partial charge >= 0.3 is 6.03 Å². The van der Waals surface area contributed by atoms with Gasteiger partial charge < -0.3 is 15.7 Å². The van der Waals surface area contributed by atoms with Crippen molar-refractivity contribution in [3.8, 4) is 11.8 Å². The van der Waals surface area contributed by atoms with Crippen LogP contribution in [0.3, 0.4) is 0 Å². The SMILES string of the molecule is CC#CCNC(=O)NCCO. The number of aliphatic hydroxyl groups is 1. The molecular weight excluding hydrogens is 144 g/mol. The van der Waals surface area contributed by atoms with Crippen LogP contribution < -0.4 is 10.6 Å². The zero-order valence-corrected chi connectivity index (χ0v) is 6.48. The van der Waals surface area contributed by atoms with Crippen LogP contribution in [-0.2, 0) is 0 Å². The molecule has 0 saturated carbocycles. The summed E-state index contributed by atoms with van der Waals surface area (Å²) in [6.07, 6.45) is 0. The topological polar surface area (TPSA) is 61.4 Å². The van der Waals surface area contributed by atoms with Crippen LogP contribution in [0.4, 0.5) is 4.79 Å². The van der Waals surface area contributed by atoms with Crippen LogP contribution in [0.25, 0.3) is 0 Å². The fraction of sp³-hybridized carbons (Fsp3) is 0.571. The zero-order chi connectivity index (χ0) is 8.53. The van der Waals surface area contributed by atoms with E-state index in [2.05, 4.69) is 22.5 Å². The van der Waals surface area contributed by atoms with Gasteiger partial charge in [-0.05, 0) is 6.92 Å². The highest BCUT2D eigenvalue weighted by atomic mass is 16.3. The summed E-state index contributed by atoms with van der Waals surface area (Å²) in [5, 5.41) is 13.2. The van der Waals surface area contributed by atoms with Gasteiger partial charge in [-0.15, -0.1) is 5.92 Å². The first kappa shape index (κ1) is 9.79. The van der Waals surface area contributed by atoms with Gasteiger partial charge in [0.2, 0.25) is 0 Å². The first-order chi connectivity index (χ1) is 5.31. The minimum atomic E-state index is -0.304. The number of aliphatic hydroxyl groups excluding tert-OH is 1. The highest BCUT2D eigenvalue weighted by Crippen LogP contribution is 1.63. The Hall–Kier alpha value is -1.21. The van der Waals surface area contributed by atoms with E-state index in [1.165, 1.54) is 0 Å². The highest BCUT2D eigenvalue weighted by Gasteiger charge is 1.93. The first-order valence-electron chi connectivity index (χ1n) is 3.33. The van der Waals surface area contributed by atoms with Gasteiger partial charge in [-0.2, -0.15) is 0 Å². The first-order valence-corrected chi connectivity index (χ1v) is 3.33. The molecule has 11 heavy (non-hydrogen) atoms. The van der Waals surface area contributed by atoms with Gasteiger partial charge in [0.25, 0.3) is 0 Å². The van der Waals surface area contributed by atoms with E-state index >= 15 is 0 Å². The fourth-order valence-corrected chi connectivity index (χ4v) is 0.445. The highest BCUT2D eigenvalue weighted by molar-refractivity contribution is 5.74. The number of carbonyl (C=O) groups is 1. The van der Waals surface area contributed by atoms with Gasteiger partial charge in [-0.1, -0.05) is 5.92 Å². The number of urea groups is 1. The van der Waals surface area contributed by atoms with Gasteiger partial charge in [0, 0.05) is 6.54 Å². The summed E-state index contributed by atoms with van der Waals surface area (Å²) in [5.74, 6) is 5.31. The van der Waals surface area contributed by atoms with E-state index < -0.39 is 0 Å². The second-order valence-corrected chi connectivity index (χ2v) is 1.76. The summed E-state index contributed by atoms with van der Waals surface area (Å²) >= 11 is 0. The Morgan fingerprint density at radius 3 is 2.82 bits per heavy atom. The summed E-state index contributed by atoms with van der Waals surface area (Å²) in [6.45, 7) is 2.26. The van der Waals surface area contributed by atoms with Crippen molar-refractivity contribution in [1.82, 2.24) is 10.6 Å². The zero-order valence-electron chi connectivity index (χ0n) is 6.48. The molecule has 0 heterocycles. The third-order valence-corrected chi connectivity index (χ3v) is 0.911. The molecule has 0 spiro atoms. The van der Waals surface area contributed by atoms with Gasteiger partial charge in [-0.3, -0.25) is 0 Å². The number of carbonyl (C=O) groups excluding carboxylic acids is 1. The molecule has 0 rings (SSSR count). The number of amides is 2. The monoisotopic (exact) mass is 156 g/mol. The van der Waals surface area contributed by atoms with Crippen LogP contribution in [-0.4, -0.2) is 30.8 Å². The fourth-order valence-electron chi connectivity index (χ4n) is 0.445. The third-order valence-electron chi connectivity index (χ3n) is 0.911. The molecule has 0 atom stereocenters. The number of hydrogen-bond acceptors (Lipinski definition) is 2. The van der Waals surface area contributed by atoms with Crippen molar-refractivity contribution in [3.05, 3.63) is 0 Å². The predicted molar refractivity (Wildman–Crippen MR) is 41.9 cm³/mol. The summed E-state index contributed by atoms with van der Waals surface area (Å²) in [6, 6.07) is -0.304. The second-order valence-electron chi connectivity index (χ2n) is 1.76. The van der Waals surface area contributed by atoms with E-state index in [4.69, 9.17) is 5.11 Å². The lowest BCUT2D eigenvalue weighted by Gasteiger charge is -2.01. The van der Waals surface area contributed by atoms with Crippen molar-refractivity contribution in [1.29, 1.82) is 0 Å². The van der Waals surface area contributed by atoms with Crippen molar-refractivity contribution >= 4 is 6.03 Å². The Kier molecular flexibility index (Phi) is 6.14. The van der Waals surface area contributed by atoms with Gasteiger partial charge in [0.15, 0.2) is 0 Å². The summed E-state index contributed by atoms with van der Waals surface area (Å²) in [5.41, 5.74) is 0. The molecule has 0 aliphatic rings. The maximum atomic E-state index is 10.7. The van der Waals surface area contributed by atoms with E-state index in [1.54, 1.807) is 6.92 Å². The molecule has 0 bridgehead atoms. The minimum Gasteiger partial charge on any atom is -0.395 e. The Bertz CT molecular complexity index is 169. The van der Waals surface area contributed by atoms with Gasteiger partial charge in [0.1, 0.15) is 0 Å². The summed E-state index contributed by atoms with van der Waals surface area (Å²) in [4.78, 5) is 10.7. The Balaban J connectivity index is 3.27. The number of hydrogen-bond donors (Lipinski definition) is 3. The van der Waals surface area contributed by atoms with Crippen molar-refractivity contribution < 1.29 is 9.90 Å². The summed E-state index contributed by atoms with van der Waals surface area (Å²) in [7, 11) is 0. The molecule has 0 aliphatic carbocycles. The van der Waals surface area contributed by atoms with Crippen molar-refractivity contribution in [2.45, 2.75) is 6.92 Å². The van der Waals surface area contributed by atoms with Crippen molar-refractivity contribution in [3.63, 3.8) is 0 Å². The van der Waals surface area contributed by atoms with Crippen LogP contribution in [0.1, 0.15) is 6.92 Å². The average molecular weight is 156 g/mol. The Morgan fingerprint density at radius 1 is 1.55 bits per heavy atom. The molecule has 0 fully saturated rings. The molecule has 0 unspecified atom stereocenters. The standard InChI is InChI=1S/C7H12N2O2/c1-2-3-4-8-7(11)9-5-6-10/h10H,4-6H2,1H3,(H2,8,9,11). The van der Waals surface area contributed by atoms with E-state index in [0.29, 0.717) is 6.54 Å². The lowest BCUT2D eigenvalue weighted by molar-refractivity contribution is 0.235. The van der Waals surface area contributed by atoms with Crippen molar-refractivity contribution in [2.24, 2.45) is 0 Å². The van der Waals surface area contributed by atoms with Crippen LogP contribution in [0.15, 0.2) is 0 Å². The molecule has 3 N–H and O–H groups in total. The van der Waals surface area contributed by atoms with Gasteiger partial charge in [-0.25, -0.2) is 4.79 Å². The molecule has 4 heteroatoms. The molecule has 0 aliphatic heterocycles. The molecule has 2 amide bonds. The van der Waals surface area contributed by atoms with Gasteiger partial charge in [0.05, 0.1) is 13.2 Å². The maximum Gasteiger partial charge on any atom is 0.315 e. The molecule has 0 aromatic heterocycles. The summed E-state index contributed by atoms with van der Waals surface area (Å²) < 4.78 is 0. The molecular formula is C7H12N2O2. The van der Waals surface area contributed by atoms with Crippen molar-refractivity contribution in [2.75, 3.05) is 19.7 Å². The quantitative estimate of drug-likeness (QED) is 0.473. The maximum absolute atomic E-state index is 10.7. The number of rotatable bonds is 3. The van der Waals surface area contributed by atoms with E-state index in [9.17, 15) is 4.79 Å². The largest absolute Gasteiger partial charge is 0.395 e. The molecule has 0 radical (unpaired) electrons. The van der Waals surface area contributed by atoms with Crippen LogP contribution in [0.2, 0.25) is 0 Å². The smallest absolute Gasteiger partial charge is 0.315 e. The Labute approximate surface area is 66.0 Å². The second kappa shape index (κ2) is 6.90. The Morgan fingerprint density at radius 2 is 2.27 bits per heavy atom. The minimum absolute atomic E-state index is 0.0487.